The topological polar surface area (TPSA) is 96.5 Å². The normalized spacial score (nSPS) is 16.9. The minimum Gasteiger partial charge on any atom is -0.497 e. The summed E-state index contributed by atoms with van der Waals surface area (Å²) in [5.41, 5.74) is 2.43. The van der Waals surface area contributed by atoms with Gasteiger partial charge < -0.3 is 24.7 Å². The van der Waals surface area contributed by atoms with Crippen LogP contribution in [-0.4, -0.2) is 42.5 Å². The van der Waals surface area contributed by atoms with Crippen LogP contribution in [0.3, 0.4) is 0 Å². The first-order valence-corrected chi connectivity index (χ1v) is 11.2. The van der Waals surface area contributed by atoms with Gasteiger partial charge in [-0.2, -0.15) is 0 Å². The minimum atomic E-state index is -0.455. The van der Waals surface area contributed by atoms with Crippen molar-refractivity contribution >= 4 is 28.5 Å². The minimum absolute atomic E-state index is 0.109. The maximum Gasteiger partial charge on any atom is 0.227 e. The highest BCUT2D eigenvalue weighted by Crippen LogP contribution is 2.36. The summed E-state index contributed by atoms with van der Waals surface area (Å²) in [6.07, 6.45) is 0.887. The van der Waals surface area contributed by atoms with Gasteiger partial charge in [-0.25, -0.2) is 4.98 Å². The van der Waals surface area contributed by atoms with Crippen LogP contribution in [0.15, 0.2) is 42.5 Å². The number of imidazole rings is 1. The largest absolute Gasteiger partial charge is 0.497 e. The number of para-hydroxylation sites is 2. The number of carbonyl (C=O) groups is 2. The van der Waals surface area contributed by atoms with Crippen molar-refractivity contribution in [1.82, 2.24) is 15.3 Å². The van der Waals surface area contributed by atoms with E-state index in [-0.39, 0.29) is 24.3 Å². The molecular formula is C25H30N4O4. The molecule has 1 aliphatic rings. The predicted molar refractivity (Wildman–Crippen MR) is 126 cm³/mol. The lowest BCUT2D eigenvalue weighted by Crippen LogP contribution is -2.36. The number of aromatic nitrogens is 2. The zero-order valence-electron chi connectivity index (χ0n) is 19.4. The van der Waals surface area contributed by atoms with Crippen LogP contribution >= 0.6 is 0 Å². The molecule has 3 aromatic rings. The van der Waals surface area contributed by atoms with Crippen molar-refractivity contribution in [3.63, 3.8) is 0 Å². The summed E-state index contributed by atoms with van der Waals surface area (Å²) in [6.45, 7) is 4.51. The van der Waals surface area contributed by atoms with Gasteiger partial charge in [0, 0.05) is 19.0 Å². The lowest BCUT2D eigenvalue weighted by molar-refractivity contribution is -0.127. The number of methoxy groups -OCH3 is 2. The van der Waals surface area contributed by atoms with Crippen molar-refractivity contribution in [2.24, 2.45) is 11.8 Å². The molecule has 1 aliphatic heterocycles. The first-order chi connectivity index (χ1) is 15.9. The number of rotatable bonds is 8. The highest BCUT2D eigenvalue weighted by molar-refractivity contribution is 6.01. The van der Waals surface area contributed by atoms with Crippen LogP contribution in [0.5, 0.6) is 11.5 Å². The molecule has 0 saturated carbocycles. The maximum atomic E-state index is 13.2. The summed E-state index contributed by atoms with van der Waals surface area (Å²) in [5.74, 6) is 1.54. The molecule has 2 atom stereocenters. The number of hydrogen-bond donors (Lipinski definition) is 2. The van der Waals surface area contributed by atoms with Crippen molar-refractivity contribution in [3.8, 4) is 11.5 Å². The highest BCUT2D eigenvalue weighted by Gasteiger charge is 2.37. The fraction of sp³-hybridized carbons (Fsp3) is 0.400. The zero-order valence-corrected chi connectivity index (χ0v) is 19.4. The molecule has 2 amide bonds. The van der Waals surface area contributed by atoms with Crippen LogP contribution in [0, 0.1) is 11.8 Å². The number of ether oxygens (including phenoxy) is 2. The molecule has 0 bridgehead atoms. The average Bonchev–Trinajstić information content (AvgIpc) is 3.41. The van der Waals surface area contributed by atoms with E-state index in [1.165, 1.54) is 0 Å². The summed E-state index contributed by atoms with van der Waals surface area (Å²) in [4.78, 5) is 35.7. The molecule has 2 aromatic carbocycles. The van der Waals surface area contributed by atoms with Crippen LogP contribution in [0.1, 0.15) is 38.6 Å². The Morgan fingerprint density at radius 1 is 1.21 bits per heavy atom. The Balaban J connectivity index is 1.52. The standard InChI is InChI=1S/C25H30N4O4/c1-15(2)11-20(24-26-18-7-5-6-8-19(18)27-24)28-25(31)16-12-23(30)29(14-16)21-10-9-17(32-3)13-22(21)33-4/h5-10,13,15-16,20H,11-12,14H2,1-4H3,(H,26,27)(H,28,31)/t16?,20-/m0/s1. The van der Waals surface area contributed by atoms with Gasteiger partial charge in [-0.3, -0.25) is 9.59 Å². The molecule has 0 radical (unpaired) electrons. The third-order valence-electron chi connectivity index (χ3n) is 5.93. The summed E-state index contributed by atoms with van der Waals surface area (Å²) in [7, 11) is 3.12. The average molecular weight is 451 g/mol. The molecule has 0 aliphatic carbocycles. The lowest BCUT2D eigenvalue weighted by atomic mass is 10.0. The molecule has 1 saturated heterocycles. The molecule has 1 fully saturated rings. The van der Waals surface area contributed by atoms with Gasteiger partial charge in [-0.05, 0) is 36.6 Å². The van der Waals surface area contributed by atoms with Crippen molar-refractivity contribution in [2.75, 3.05) is 25.7 Å². The van der Waals surface area contributed by atoms with E-state index in [0.29, 0.717) is 29.6 Å². The van der Waals surface area contributed by atoms with E-state index in [4.69, 9.17) is 9.47 Å². The molecule has 33 heavy (non-hydrogen) atoms. The van der Waals surface area contributed by atoms with Gasteiger partial charge in [0.1, 0.15) is 17.3 Å². The van der Waals surface area contributed by atoms with E-state index in [1.807, 2.05) is 24.3 Å². The summed E-state index contributed by atoms with van der Waals surface area (Å²) in [6, 6.07) is 12.8. The second-order valence-corrected chi connectivity index (χ2v) is 8.77. The van der Waals surface area contributed by atoms with Crippen molar-refractivity contribution in [2.45, 2.75) is 32.7 Å². The fourth-order valence-electron chi connectivity index (χ4n) is 4.26. The SMILES string of the molecule is COc1ccc(N2CC(C(=O)N[C@@H](CC(C)C)c3nc4ccccc4[nH]3)CC2=O)c(OC)c1. The summed E-state index contributed by atoms with van der Waals surface area (Å²) in [5, 5.41) is 3.14. The second kappa shape index (κ2) is 9.52. The quantitative estimate of drug-likeness (QED) is 0.544. The maximum absolute atomic E-state index is 13.2. The van der Waals surface area contributed by atoms with E-state index >= 15 is 0 Å². The zero-order chi connectivity index (χ0) is 23.5. The van der Waals surface area contributed by atoms with Gasteiger partial charge >= 0.3 is 0 Å². The molecule has 1 unspecified atom stereocenters. The fourth-order valence-corrected chi connectivity index (χ4v) is 4.26. The molecule has 8 heteroatoms. The molecule has 8 nitrogen and oxygen atoms in total. The number of nitrogens with zero attached hydrogens (tertiary/aromatic N) is 2. The number of fused-ring (bicyclic) bond motifs is 1. The Kier molecular flexibility index (Phi) is 6.53. The van der Waals surface area contributed by atoms with E-state index in [9.17, 15) is 9.59 Å². The van der Waals surface area contributed by atoms with Crippen molar-refractivity contribution in [3.05, 3.63) is 48.3 Å². The first kappa shape index (κ1) is 22.6. The Morgan fingerprint density at radius 3 is 2.70 bits per heavy atom. The third kappa shape index (κ3) is 4.79. The van der Waals surface area contributed by atoms with E-state index in [0.717, 1.165) is 23.3 Å². The smallest absolute Gasteiger partial charge is 0.227 e. The van der Waals surface area contributed by atoms with E-state index < -0.39 is 5.92 Å². The lowest BCUT2D eigenvalue weighted by Gasteiger charge is -2.22. The van der Waals surface area contributed by atoms with E-state index in [1.54, 1.807) is 37.3 Å². The molecule has 1 aromatic heterocycles. The number of nitrogens with one attached hydrogen (secondary N) is 2. The number of aromatic amines is 1. The number of hydrogen-bond acceptors (Lipinski definition) is 5. The Bertz CT molecular complexity index is 1120. The van der Waals surface area contributed by atoms with Gasteiger partial charge in [0.2, 0.25) is 11.8 Å². The van der Waals surface area contributed by atoms with Gasteiger partial charge in [-0.15, -0.1) is 0 Å². The van der Waals surface area contributed by atoms with Crippen molar-refractivity contribution < 1.29 is 19.1 Å². The van der Waals surface area contributed by atoms with Crippen LogP contribution in [0.4, 0.5) is 5.69 Å². The predicted octanol–water partition coefficient (Wildman–Crippen LogP) is 3.84. The van der Waals surface area contributed by atoms with Gasteiger partial charge in [0.25, 0.3) is 0 Å². The Morgan fingerprint density at radius 2 is 2.00 bits per heavy atom. The van der Waals surface area contributed by atoms with Crippen LogP contribution < -0.4 is 19.7 Å². The van der Waals surface area contributed by atoms with Crippen LogP contribution in [-0.2, 0) is 9.59 Å². The Labute approximate surface area is 193 Å². The van der Waals surface area contributed by atoms with Gasteiger partial charge in [0.05, 0.1) is 42.9 Å². The third-order valence-corrected chi connectivity index (χ3v) is 5.93. The van der Waals surface area contributed by atoms with Gasteiger partial charge in [0.15, 0.2) is 0 Å². The van der Waals surface area contributed by atoms with Gasteiger partial charge in [-0.1, -0.05) is 26.0 Å². The summed E-state index contributed by atoms with van der Waals surface area (Å²) < 4.78 is 10.7. The number of carbonyl (C=O) groups excluding carboxylic acids is 2. The summed E-state index contributed by atoms with van der Waals surface area (Å²) >= 11 is 0. The Hall–Kier alpha value is -3.55. The molecule has 2 N–H and O–H groups in total. The molecule has 0 spiro atoms. The molecule has 2 heterocycles. The monoisotopic (exact) mass is 450 g/mol. The number of H-pyrrole nitrogens is 1. The number of amides is 2. The highest BCUT2D eigenvalue weighted by atomic mass is 16.5. The molecular weight excluding hydrogens is 420 g/mol. The van der Waals surface area contributed by atoms with Crippen LogP contribution in [0.25, 0.3) is 11.0 Å². The number of benzene rings is 2. The second-order valence-electron chi connectivity index (χ2n) is 8.77. The number of anilines is 1. The van der Waals surface area contributed by atoms with E-state index in [2.05, 4.69) is 29.1 Å². The first-order valence-electron chi connectivity index (χ1n) is 11.2. The molecule has 174 valence electrons. The molecule has 4 rings (SSSR count). The van der Waals surface area contributed by atoms with Crippen LogP contribution in [0.2, 0.25) is 0 Å². The van der Waals surface area contributed by atoms with Crippen molar-refractivity contribution in [1.29, 1.82) is 0 Å².